The van der Waals surface area contributed by atoms with Crippen LogP contribution >= 0.6 is 0 Å². The van der Waals surface area contributed by atoms with Gasteiger partial charge in [0.2, 0.25) is 0 Å². The fourth-order valence-corrected chi connectivity index (χ4v) is 1.21. The van der Waals surface area contributed by atoms with Gasteiger partial charge >= 0.3 is 0 Å². The molecule has 2 aromatic rings. The summed E-state index contributed by atoms with van der Waals surface area (Å²) < 4.78 is 0. The Morgan fingerprint density at radius 3 is 2.67 bits per heavy atom. The van der Waals surface area contributed by atoms with Gasteiger partial charge in [-0.3, -0.25) is 4.79 Å². The minimum atomic E-state index is -0.257. The second-order valence-electron chi connectivity index (χ2n) is 4.41. The van der Waals surface area contributed by atoms with Gasteiger partial charge in [-0.15, -0.1) is 0 Å². The Morgan fingerprint density at radius 1 is 1.27 bits per heavy atom. The van der Waals surface area contributed by atoms with E-state index in [1.807, 2.05) is 20.8 Å². The molecular weight excluding hydrogens is 192 g/mol. The SMILES string of the molecule is CC(C)(C)c1cnc2c(=O)[nH]cnc2n1. The van der Waals surface area contributed by atoms with E-state index in [1.54, 1.807) is 6.20 Å². The summed E-state index contributed by atoms with van der Waals surface area (Å²) in [5, 5.41) is 0. The maximum atomic E-state index is 11.3. The molecule has 0 atom stereocenters. The molecule has 5 heteroatoms. The van der Waals surface area contributed by atoms with Crippen LogP contribution in [0.5, 0.6) is 0 Å². The summed E-state index contributed by atoms with van der Waals surface area (Å²) in [6.07, 6.45) is 2.96. The average Bonchev–Trinajstić information content (AvgIpc) is 2.16. The highest BCUT2D eigenvalue weighted by molar-refractivity contribution is 5.67. The molecule has 0 aliphatic heterocycles. The summed E-state index contributed by atoms with van der Waals surface area (Å²) in [7, 11) is 0. The number of hydrogen-bond acceptors (Lipinski definition) is 4. The first-order valence-electron chi connectivity index (χ1n) is 4.69. The van der Waals surface area contributed by atoms with Gasteiger partial charge in [0.1, 0.15) is 0 Å². The molecule has 0 saturated carbocycles. The molecule has 0 amide bonds. The quantitative estimate of drug-likeness (QED) is 0.695. The van der Waals surface area contributed by atoms with Crippen molar-refractivity contribution in [3.8, 4) is 0 Å². The van der Waals surface area contributed by atoms with Gasteiger partial charge in [-0.05, 0) is 0 Å². The summed E-state index contributed by atoms with van der Waals surface area (Å²) in [5.74, 6) is 0. The molecule has 2 rings (SSSR count). The molecule has 78 valence electrons. The van der Waals surface area contributed by atoms with Crippen molar-refractivity contribution in [2.45, 2.75) is 26.2 Å². The molecule has 2 aromatic heterocycles. The lowest BCUT2D eigenvalue weighted by atomic mass is 9.93. The van der Waals surface area contributed by atoms with Crippen molar-refractivity contribution in [1.82, 2.24) is 19.9 Å². The van der Waals surface area contributed by atoms with Crippen LogP contribution in [-0.2, 0) is 5.41 Å². The number of aromatic nitrogens is 4. The minimum Gasteiger partial charge on any atom is -0.311 e. The maximum absolute atomic E-state index is 11.3. The van der Waals surface area contributed by atoms with E-state index in [4.69, 9.17) is 0 Å². The fraction of sp³-hybridized carbons (Fsp3) is 0.400. The molecule has 0 fully saturated rings. The third-order valence-electron chi connectivity index (χ3n) is 2.12. The van der Waals surface area contributed by atoms with E-state index in [1.165, 1.54) is 6.33 Å². The monoisotopic (exact) mass is 204 g/mol. The second-order valence-corrected chi connectivity index (χ2v) is 4.41. The number of rotatable bonds is 0. The largest absolute Gasteiger partial charge is 0.311 e. The molecule has 1 N–H and O–H groups in total. The van der Waals surface area contributed by atoms with Crippen molar-refractivity contribution in [3.05, 3.63) is 28.6 Å². The molecule has 0 aliphatic rings. The highest BCUT2D eigenvalue weighted by Gasteiger charge is 2.17. The predicted molar refractivity (Wildman–Crippen MR) is 56.7 cm³/mol. The molecule has 0 radical (unpaired) electrons. The zero-order valence-corrected chi connectivity index (χ0v) is 8.90. The first-order valence-corrected chi connectivity index (χ1v) is 4.69. The van der Waals surface area contributed by atoms with Crippen LogP contribution in [0.2, 0.25) is 0 Å². The van der Waals surface area contributed by atoms with Crippen molar-refractivity contribution in [2.75, 3.05) is 0 Å². The van der Waals surface area contributed by atoms with E-state index in [0.717, 1.165) is 5.69 Å². The van der Waals surface area contributed by atoms with Crippen molar-refractivity contribution < 1.29 is 0 Å². The molecule has 2 heterocycles. The van der Waals surface area contributed by atoms with E-state index < -0.39 is 0 Å². The molecule has 0 bridgehead atoms. The van der Waals surface area contributed by atoms with Crippen LogP contribution < -0.4 is 5.56 Å². The Balaban J connectivity index is 2.73. The van der Waals surface area contributed by atoms with Gasteiger partial charge in [-0.1, -0.05) is 20.8 Å². The van der Waals surface area contributed by atoms with E-state index in [0.29, 0.717) is 5.65 Å². The molecule has 0 saturated heterocycles. The zero-order chi connectivity index (χ0) is 11.1. The van der Waals surface area contributed by atoms with E-state index >= 15 is 0 Å². The number of H-pyrrole nitrogens is 1. The van der Waals surface area contributed by atoms with Gasteiger partial charge in [0, 0.05) is 5.41 Å². The zero-order valence-electron chi connectivity index (χ0n) is 8.90. The minimum absolute atomic E-state index is 0.0918. The number of hydrogen-bond donors (Lipinski definition) is 1. The summed E-state index contributed by atoms with van der Waals surface area (Å²) in [6.45, 7) is 6.11. The standard InChI is InChI=1S/C10H12N4O/c1-10(2,3)6-4-11-7-8(14-6)12-5-13-9(7)15/h4-5H,1-3H3,(H,12,13,14,15). The van der Waals surface area contributed by atoms with Gasteiger partial charge in [-0.2, -0.15) is 0 Å². The lowest BCUT2D eigenvalue weighted by Gasteiger charge is -2.16. The van der Waals surface area contributed by atoms with E-state index in [2.05, 4.69) is 19.9 Å². The fourth-order valence-electron chi connectivity index (χ4n) is 1.21. The lowest BCUT2D eigenvalue weighted by molar-refractivity contribution is 0.568. The lowest BCUT2D eigenvalue weighted by Crippen LogP contribution is -2.16. The Morgan fingerprint density at radius 2 is 2.00 bits per heavy atom. The van der Waals surface area contributed by atoms with E-state index in [-0.39, 0.29) is 16.5 Å². The summed E-state index contributed by atoms with van der Waals surface area (Å²) in [5.41, 5.74) is 1.16. The van der Waals surface area contributed by atoms with E-state index in [9.17, 15) is 4.79 Å². The molecule has 0 aromatic carbocycles. The van der Waals surface area contributed by atoms with Crippen molar-refractivity contribution in [1.29, 1.82) is 0 Å². The molecule has 0 unspecified atom stereocenters. The number of nitrogens with one attached hydrogen (secondary N) is 1. The Hall–Kier alpha value is -1.78. The highest BCUT2D eigenvalue weighted by atomic mass is 16.1. The van der Waals surface area contributed by atoms with Gasteiger partial charge in [0.25, 0.3) is 5.56 Å². The van der Waals surface area contributed by atoms with Crippen LogP contribution in [0, 0.1) is 0 Å². The van der Waals surface area contributed by atoms with Crippen LogP contribution in [0.1, 0.15) is 26.5 Å². The smallest absolute Gasteiger partial charge is 0.278 e. The normalized spacial score (nSPS) is 11.9. The van der Waals surface area contributed by atoms with Crippen LogP contribution in [0.15, 0.2) is 17.3 Å². The van der Waals surface area contributed by atoms with Crippen molar-refractivity contribution in [3.63, 3.8) is 0 Å². The number of aromatic amines is 1. The number of nitrogens with zero attached hydrogens (tertiary/aromatic N) is 3. The first kappa shape index (κ1) is 9.76. The number of fused-ring (bicyclic) bond motifs is 1. The highest BCUT2D eigenvalue weighted by Crippen LogP contribution is 2.19. The topological polar surface area (TPSA) is 71.5 Å². The molecular formula is C10H12N4O. The van der Waals surface area contributed by atoms with Crippen molar-refractivity contribution >= 4 is 11.2 Å². The second kappa shape index (κ2) is 3.12. The van der Waals surface area contributed by atoms with Gasteiger partial charge in [0.05, 0.1) is 18.2 Å². The van der Waals surface area contributed by atoms with Gasteiger partial charge < -0.3 is 4.98 Å². The Labute approximate surface area is 86.6 Å². The molecule has 15 heavy (non-hydrogen) atoms. The molecule has 5 nitrogen and oxygen atoms in total. The average molecular weight is 204 g/mol. The maximum Gasteiger partial charge on any atom is 0.278 e. The van der Waals surface area contributed by atoms with Gasteiger partial charge in [0.15, 0.2) is 11.2 Å². The Kier molecular flexibility index (Phi) is 2.03. The van der Waals surface area contributed by atoms with Gasteiger partial charge in [-0.25, -0.2) is 15.0 Å². The third-order valence-corrected chi connectivity index (χ3v) is 2.12. The van der Waals surface area contributed by atoms with Crippen LogP contribution in [0.3, 0.4) is 0 Å². The first-order chi connectivity index (χ1) is 6.98. The summed E-state index contributed by atoms with van der Waals surface area (Å²) >= 11 is 0. The van der Waals surface area contributed by atoms with Crippen LogP contribution in [0.4, 0.5) is 0 Å². The predicted octanol–water partition coefficient (Wildman–Crippen LogP) is 1.01. The summed E-state index contributed by atoms with van der Waals surface area (Å²) in [4.78, 5) is 26.2. The Bertz CT molecular complexity index is 553. The van der Waals surface area contributed by atoms with Crippen molar-refractivity contribution in [2.24, 2.45) is 0 Å². The molecule has 0 aliphatic carbocycles. The molecule has 0 spiro atoms. The van der Waals surface area contributed by atoms with Crippen LogP contribution in [-0.4, -0.2) is 19.9 Å². The third kappa shape index (κ3) is 1.72. The van der Waals surface area contributed by atoms with Crippen LogP contribution in [0.25, 0.3) is 11.2 Å². The summed E-state index contributed by atoms with van der Waals surface area (Å²) in [6, 6.07) is 0.